The molecule has 11 nitrogen and oxygen atoms in total. The number of thioether (sulfide) groups is 1. The van der Waals surface area contributed by atoms with Gasteiger partial charge in [-0.1, -0.05) is 0 Å². The second-order valence-corrected chi connectivity index (χ2v) is 10.6. The minimum Gasteiger partial charge on any atom is -0.469 e. The maximum atomic E-state index is 13.3. The number of rotatable bonds is 6. The van der Waals surface area contributed by atoms with Gasteiger partial charge in [0.25, 0.3) is 5.88 Å². The predicted octanol–water partition coefficient (Wildman–Crippen LogP) is 2.92. The molecule has 38 heavy (non-hydrogen) atoms. The van der Waals surface area contributed by atoms with Gasteiger partial charge in [-0.3, -0.25) is 15.0 Å². The molecular weight excluding hydrogens is 508 g/mol. The highest BCUT2D eigenvalue weighted by Crippen LogP contribution is 2.33. The van der Waals surface area contributed by atoms with E-state index in [1.54, 1.807) is 22.7 Å². The van der Waals surface area contributed by atoms with Crippen LogP contribution in [0, 0.1) is 11.3 Å². The number of ether oxygens (including phenoxy) is 2. The monoisotopic (exact) mass is 534 g/mol. The molecule has 0 unspecified atom stereocenters. The smallest absolute Gasteiger partial charge is 0.328 e. The van der Waals surface area contributed by atoms with Crippen molar-refractivity contribution in [3.05, 3.63) is 46.6 Å². The second kappa shape index (κ2) is 11.2. The molecule has 0 spiro atoms. The summed E-state index contributed by atoms with van der Waals surface area (Å²) in [4.78, 5) is 49.3. The normalized spacial score (nSPS) is 20.4. The van der Waals surface area contributed by atoms with E-state index < -0.39 is 6.03 Å². The maximum Gasteiger partial charge on any atom is 0.328 e. The Morgan fingerprint density at radius 1 is 1.37 bits per heavy atom. The molecular formula is C26H26N6O5S. The zero-order chi connectivity index (χ0) is 26.6. The summed E-state index contributed by atoms with van der Waals surface area (Å²) in [6.45, 7) is 4.30. The van der Waals surface area contributed by atoms with Gasteiger partial charge in [0.1, 0.15) is 30.0 Å². The number of aromatic nitrogens is 2. The number of hydrogen-bond donors (Lipinski definition) is 1. The van der Waals surface area contributed by atoms with Crippen LogP contribution in [0.2, 0.25) is 0 Å². The van der Waals surface area contributed by atoms with E-state index in [0.29, 0.717) is 68.3 Å². The van der Waals surface area contributed by atoms with Crippen LogP contribution >= 0.6 is 11.8 Å². The lowest BCUT2D eigenvalue weighted by Gasteiger charge is -2.30. The van der Waals surface area contributed by atoms with E-state index in [4.69, 9.17) is 9.47 Å². The van der Waals surface area contributed by atoms with Gasteiger partial charge in [0.15, 0.2) is 12.2 Å². The summed E-state index contributed by atoms with van der Waals surface area (Å²) in [7, 11) is 0. The molecule has 5 rings (SSSR count). The number of nitrogens with zero attached hydrogens (tertiary/aromatic N) is 5. The van der Waals surface area contributed by atoms with Crippen molar-refractivity contribution in [3.63, 3.8) is 0 Å². The fourth-order valence-electron chi connectivity index (χ4n) is 4.71. The average Bonchev–Trinajstić information content (AvgIpc) is 3.57. The molecule has 3 aliphatic rings. The lowest BCUT2D eigenvalue weighted by Crippen LogP contribution is -2.40. The second-order valence-electron chi connectivity index (χ2n) is 9.29. The molecule has 0 aromatic carbocycles. The third-order valence-electron chi connectivity index (χ3n) is 6.72. The van der Waals surface area contributed by atoms with Gasteiger partial charge in [-0.25, -0.2) is 19.6 Å². The molecule has 0 radical (unpaired) electrons. The van der Waals surface area contributed by atoms with Crippen LogP contribution in [-0.2, 0) is 27.2 Å². The summed E-state index contributed by atoms with van der Waals surface area (Å²) >= 11 is 1.55. The van der Waals surface area contributed by atoms with Crippen molar-refractivity contribution in [3.8, 4) is 6.07 Å². The van der Waals surface area contributed by atoms with Gasteiger partial charge in [0, 0.05) is 41.6 Å². The molecule has 3 aliphatic heterocycles. The van der Waals surface area contributed by atoms with Crippen LogP contribution in [0.1, 0.15) is 46.9 Å². The van der Waals surface area contributed by atoms with Crippen LogP contribution in [0.15, 0.2) is 29.1 Å². The Morgan fingerprint density at radius 3 is 2.97 bits per heavy atom. The topological polar surface area (TPSA) is 138 Å². The predicted molar refractivity (Wildman–Crippen MR) is 139 cm³/mol. The van der Waals surface area contributed by atoms with Crippen LogP contribution in [0.3, 0.4) is 0 Å². The third-order valence-corrected chi connectivity index (χ3v) is 8.01. The number of fused-ring (bicyclic) bond motifs is 1. The molecule has 5 heterocycles. The van der Waals surface area contributed by atoms with Gasteiger partial charge in [-0.2, -0.15) is 5.26 Å². The van der Waals surface area contributed by atoms with Crippen molar-refractivity contribution in [1.29, 1.82) is 5.26 Å². The highest BCUT2D eigenvalue weighted by molar-refractivity contribution is 8.00. The van der Waals surface area contributed by atoms with E-state index in [9.17, 15) is 19.6 Å². The van der Waals surface area contributed by atoms with E-state index in [0.717, 1.165) is 16.9 Å². The summed E-state index contributed by atoms with van der Waals surface area (Å²) in [6, 6.07) is 5.26. The number of urea groups is 1. The number of hydrogen-bond acceptors (Lipinski definition) is 10. The van der Waals surface area contributed by atoms with E-state index >= 15 is 0 Å². The number of pyridine rings is 2. The number of anilines is 2. The lowest BCUT2D eigenvalue weighted by atomic mass is 10.0. The summed E-state index contributed by atoms with van der Waals surface area (Å²) < 4.78 is 10.8. The van der Waals surface area contributed by atoms with E-state index in [2.05, 4.69) is 21.4 Å². The minimum atomic E-state index is -0.423. The Hall–Kier alpha value is -3.91. The first-order chi connectivity index (χ1) is 18.5. The number of carbonyl (C=O) groups excluding carboxylic acids is 3. The molecule has 2 atom stereocenters. The molecule has 0 saturated carbocycles. The lowest BCUT2D eigenvalue weighted by molar-refractivity contribution is 0.111. The first-order valence-electron chi connectivity index (χ1n) is 12.4. The van der Waals surface area contributed by atoms with Crippen LogP contribution in [-0.4, -0.2) is 70.8 Å². The van der Waals surface area contributed by atoms with E-state index in [-0.39, 0.29) is 29.4 Å². The van der Waals surface area contributed by atoms with Gasteiger partial charge >= 0.3 is 6.03 Å². The number of nitrogens with one attached hydrogen (secondary N) is 1. The Morgan fingerprint density at radius 2 is 2.24 bits per heavy atom. The zero-order valence-electron chi connectivity index (χ0n) is 20.8. The van der Waals surface area contributed by atoms with Gasteiger partial charge in [-0.15, -0.1) is 11.8 Å². The standard InChI is InChI=1S/C26H26N6O5S/c1-16-14-37-24(13-34)32(16)11-18-7-17-3-2-5-31(25(17)29-21(18)12-33)26(35)30-23-8-22(19(9-27)10-28-23)38-20-4-6-36-15-20/h7-8,10,12,16,20H,2-6,11,14-15H2,1H3,(H,28,30,35)/t16-,20-/m0/s1. The molecule has 1 N–H and O–H groups in total. The molecule has 2 aromatic rings. The first-order valence-corrected chi connectivity index (χ1v) is 13.2. The van der Waals surface area contributed by atoms with E-state index in [1.165, 1.54) is 11.1 Å². The quantitative estimate of drug-likeness (QED) is 0.435. The maximum absolute atomic E-state index is 13.3. The molecule has 196 valence electrons. The van der Waals surface area contributed by atoms with Crippen LogP contribution in [0.4, 0.5) is 16.4 Å². The van der Waals surface area contributed by atoms with E-state index in [1.807, 2.05) is 18.9 Å². The SMILES string of the molecule is C[C@H]1COC(=C=O)N1Cc1cc2c(nc1C=O)N(C(=O)Nc1cc(S[C@H]3CCOC3)c(C#N)cn1)CCC2. The Balaban J connectivity index is 1.37. The van der Waals surface area contributed by atoms with Crippen molar-refractivity contribution >= 4 is 41.7 Å². The van der Waals surface area contributed by atoms with Crippen molar-refractivity contribution in [2.45, 2.75) is 48.9 Å². The molecule has 2 saturated heterocycles. The molecule has 2 amide bonds. The largest absolute Gasteiger partial charge is 0.469 e. The molecule has 2 fully saturated rings. The summed E-state index contributed by atoms with van der Waals surface area (Å²) in [5, 5.41) is 12.6. The van der Waals surface area contributed by atoms with Crippen molar-refractivity contribution < 1.29 is 23.9 Å². The van der Waals surface area contributed by atoms with Crippen LogP contribution in [0.5, 0.6) is 0 Å². The van der Waals surface area contributed by atoms with Gasteiger partial charge < -0.3 is 14.4 Å². The number of aldehydes is 1. The molecule has 0 aliphatic carbocycles. The van der Waals surface area contributed by atoms with Crippen molar-refractivity contribution in [2.24, 2.45) is 0 Å². The number of nitriles is 1. The highest BCUT2D eigenvalue weighted by atomic mass is 32.2. The van der Waals surface area contributed by atoms with Gasteiger partial charge in [0.2, 0.25) is 0 Å². The summed E-state index contributed by atoms with van der Waals surface area (Å²) in [5.74, 6) is 2.67. The average molecular weight is 535 g/mol. The minimum absolute atomic E-state index is 0.0477. The summed E-state index contributed by atoms with van der Waals surface area (Å²) in [6.07, 6.45) is 4.42. The fourth-order valence-corrected chi connectivity index (χ4v) is 5.85. The molecule has 0 bridgehead atoms. The Labute approximate surface area is 223 Å². The zero-order valence-corrected chi connectivity index (χ0v) is 21.6. The summed E-state index contributed by atoms with van der Waals surface area (Å²) in [5.41, 5.74) is 2.12. The van der Waals surface area contributed by atoms with Crippen molar-refractivity contribution in [2.75, 3.05) is 36.6 Å². The van der Waals surface area contributed by atoms with Crippen LogP contribution in [0.25, 0.3) is 0 Å². The van der Waals surface area contributed by atoms with Crippen molar-refractivity contribution in [1.82, 2.24) is 14.9 Å². The third kappa shape index (κ3) is 5.22. The fraction of sp³-hybridized carbons (Fsp3) is 0.423. The first kappa shape index (κ1) is 25.7. The van der Waals surface area contributed by atoms with Gasteiger partial charge in [0.05, 0.1) is 18.2 Å². The highest BCUT2D eigenvalue weighted by Gasteiger charge is 2.31. The Bertz CT molecular complexity index is 1350. The van der Waals surface area contributed by atoms with Crippen LogP contribution < -0.4 is 10.2 Å². The Kier molecular flexibility index (Phi) is 7.60. The van der Waals surface area contributed by atoms with Gasteiger partial charge in [-0.05, 0) is 43.9 Å². The number of aryl methyl sites for hydroxylation is 1. The number of amides is 2. The number of carbonyl (C=O) groups is 2. The molecule has 12 heteroatoms. The molecule has 2 aromatic heterocycles.